The van der Waals surface area contributed by atoms with Crippen LogP contribution in [0.4, 0.5) is 15.6 Å². The summed E-state index contributed by atoms with van der Waals surface area (Å²) in [6, 6.07) is 16.2. The van der Waals surface area contributed by atoms with Crippen LogP contribution in [0.15, 0.2) is 54.6 Å². The molecule has 3 rings (SSSR count). The highest BCUT2D eigenvalue weighted by molar-refractivity contribution is 7.15. The summed E-state index contributed by atoms with van der Waals surface area (Å²) in [5.41, 5.74) is 0.568. The zero-order chi connectivity index (χ0) is 18.4. The van der Waals surface area contributed by atoms with Gasteiger partial charge in [0, 0.05) is 0 Å². The molecule has 0 aliphatic carbocycles. The maximum Gasteiger partial charge on any atom is 0.325 e. The van der Waals surface area contributed by atoms with Gasteiger partial charge in [-0.3, -0.25) is 5.32 Å². The number of anilines is 2. The van der Waals surface area contributed by atoms with Crippen LogP contribution in [0.3, 0.4) is 0 Å². The Labute approximate surface area is 155 Å². The first-order valence-electron chi connectivity index (χ1n) is 7.92. The van der Waals surface area contributed by atoms with E-state index in [9.17, 15) is 4.79 Å². The summed E-state index contributed by atoms with van der Waals surface area (Å²) < 4.78 is 11.0. The third-order valence-electron chi connectivity index (χ3n) is 3.42. The Bertz CT molecular complexity index is 870. The largest absolute Gasteiger partial charge is 0.495 e. The molecule has 1 heterocycles. The van der Waals surface area contributed by atoms with E-state index in [0.29, 0.717) is 21.6 Å². The zero-order valence-corrected chi connectivity index (χ0v) is 15.1. The van der Waals surface area contributed by atoms with Crippen LogP contribution in [-0.2, 0) is 0 Å². The van der Waals surface area contributed by atoms with E-state index in [2.05, 4.69) is 20.8 Å². The standard InChI is InChI=1S/C18H18N4O3S/c1-12(25-13-8-4-3-5-9-13)16-21-22-18(26-16)20-17(23)19-14-10-6-7-11-15(14)24-2/h3-12H,1-2H3,(H2,19,20,22,23). The molecule has 1 aromatic heterocycles. The SMILES string of the molecule is COc1ccccc1NC(=O)Nc1nnc(C(C)Oc2ccccc2)s1. The van der Waals surface area contributed by atoms with Gasteiger partial charge in [0.25, 0.3) is 0 Å². The summed E-state index contributed by atoms with van der Waals surface area (Å²) in [6.45, 7) is 1.88. The highest BCUT2D eigenvalue weighted by Gasteiger charge is 2.15. The van der Waals surface area contributed by atoms with Gasteiger partial charge < -0.3 is 14.8 Å². The van der Waals surface area contributed by atoms with Gasteiger partial charge in [-0.1, -0.05) is 41.7 Å². The summed E-state index contributed by atoms with van der Waals surface area (Å²) in [4.78, 5) is 12.2. The van der Waals surface area contributed by atoms with Gasteiger partial charge in [0.05, 0.1) is 12.8 Å². The Balaban J connectivity index is 1.60. The number of carbonyl (C=O) groups is 1. The molecule has 0 fully saturated rings. The lowest BCUT2D eigenvalue weighted by Crippen LogP contribution is -2.19. The van der Waals surface area contributed by atoms with E-state index in [4.69, 9.17) is 9.47 Å². The van der Waals surface area contributed by atoms with Crippen LogP contribution in [0.5, 0.6) is 11.5 Å². The second kappa shape index (κ2) is 8.30. The molecule has 0 spiro atoms. The van der Waals surface area contributed by atoms with Crippen LogP contribution in [0.1, 0.15) is 18.0 Å². The molecule has 0 aliphatic rings. The number of rotatable bonds is 6. The molecule has 0 bridgehead atoms. The normalized spacial score (nSPS) is 11.5. The van der Waals surface area contributed by atoms with Gasteiger partial charge in [0.15, 0.2) is 5.01 Å². The average Bonchev–Trinajstić information content (AvgIpc) is 3.11. The first-order chi connectivity index (χ1) is 12.7. The number of amides is 2. The summed E-state index contributed by atoms with van der Waals surface area (Å²) in [7, 11) is 1.55. The lowest BCUT2D eigenvalue weighted by Gasteiger charge is -2.11. The van der Waals surface area contributed by atoms with Gasteiger partial charge in [0.1, 0.15) is 17.6 Å². The molecule has 0 saturated carbocycles. The van der Waals surface area contributed by atoms with E-state index < -0.39 is 6.03 Å². The van der Waals surface area contributed by atoms with Crippen molar-refractivity contribution in [2.24, 2.45) is 0 Å². The number of benzene rings is 2. The minimum atomic E-state index is -0.422. The van der Waals surface area contributed by atoms with E-state index in [1.807, 2.05) is 49.4 Å². The molecular formula is C18H18N4O3S. The molecule has 0 saturated heterocycles. The maximum absolute atomic E-state index is 12.2. The second-order valence-electron chi connectivity index (χ2n) is 5.30. The number of hydrogen-bond donors (Lipinski definition) is 2. The van der Waals surface area contributed by atoms with Crippen LogP contribution < -0.4 is 20.1 Å². The zero-order valence-electron chi connectivity index (χ0n) is 14.3. The van der Waals surface area contributed by atoms with Gasteiger partial charge in [-0.05, 0) is 31.2 Å². The fraction of sp³-hybridized carbons (Fsp3) is 0.167. The maximum atomic E-state index is 12.2. The number of urea groups is 1. The van der Waals surface area contributed by atoms with Crippen LogP contribution in [0.25, 0.3) is 0 Å². The van der Waals surface area contributed by atoms with Crippen molar-refractivity contribution < 1.29 is 14.3 Å². The van der Waals surface area contributed by atoms with Crippen LogP contribution in [0.2, 0.25) is 0 Å². The van der Waals surface area contributed by atoms with Gasteiger partial charge in [0.2, 0.25) is 5.13 Å². The van der Waals surface area contributed by atoms with Crippen LogP contribution in [0, 0.1) is 0 Å². The first-order valence-corrected chi connectivity index (χ1v) is 8.73. The van der Waals surface area contributed by atoms with Crippen molar-refractivity contribution in [2.45, 2.75) is 13.0 Å². The highest BCUT2D eigenvalue weighted by Crippen LogP contribution is 2.27. The monoisotopic (exact) mass is 370 g/mol. The number of para-hydroxylation sites is 3. The molecule has 0 aliphatic heterocycles. The number of methoxy groups -OCH3 is 1. The Morgan fingerprint density at radius 3 is 2.54 bits per heavy atom. The molecule has 2 aromatic carbocycles. The second-order valence-corrected chi connectivity index (χ2v) is 6.31. The Kier molecular flexibility index (Phi) is 5.65. The number of nitrogens with one attached hydrogen (secondary N) is 2. The molecular weight excluding hydrogens is 352 g/mol. The van der Waals surface area contributed by atoms with Crippen molar-refractivity contribution >= 4 is 28.2 Å². The van der Waals surface area contributed by atoms with E-state index in [1.54, 1.807) is 19.2 Å². The number of aromatic nitrogens is 2. The number of nitrogens with zero attached hydrogens (tertiary/aromatic N) is 2. The third kappa shape index (κ3) is 4.48. The summed E-state index contributed by atoms with van der Waals surface area (Å²) in [6.07, 6.45) is -0.275. The van der Waals surface area contributed by atoms with Crippen molar-refractivity contribution in [3.63, 3.8) is 0 Å². The van der Waals surface area contributed by atoms with E-state index in [1.165, 1.54) is 11.3 Å². The van der Waals surface area contributed by atoms with Gasteiger partial charge in [-0.25, -0.2) is 4.79 Å². The Morgan fingerprint density at radius 2 is 1.77 bits per heavy atom. The van der Waals surface area contributed by atoms with Gasteiger partial charge in [-0.15, -0.1) is 10.2 Å². The molecule has 1 atom stereocenters. The molecule has 2 amide bonds. The van der Waals surface area contributed by atoms with Crippen molar-refractivity contribution in [3.05, 3.63) is 59.6 Å². The smallest absolute Gasteiger partial charge is 0.325 e. The fourth-order valence-corrected chi connectivity index (χ4v) is 2.92. The summed E-state index contributed by atoms with van der Waals surface area (Å²) in [5, 5.41) is 14.5. The van der Waals surface area contributed by atoms with Gasteiger partial charge in [-0.2, -0.15) is 0 Å². The number of hydrogen-bond acceptors (Lipinski definition) is 6. The topological polar surface area (TPSA) is 85.4 Å². The molecule has 1 unspecified atom stereocenters. The third-order valence-corrected chi connectivity index (χ3v) is 4.42. The van der Waals surface area contributed by atoms with Crippen LogP contribution >= 0.6 is 11.3 Å². The van der Waals surface area contributed by atoms with Crippen molar-refractivity contribution in [1.29, 1.82) is 0 Å². The quantitative estimate of drug-likeness (QED) is 0.674. The van der Waals surface area contributed by atoms with Crippen LogP contribution in [-0.4, -0.2) is 23.3 Å². The predicted octanol–water partition coefficient (Wildman–Crippen LogP) is 4.33. The van der Waals surface area contributed by atoms with E-state index >= 15 is 0 Å². The van der Waals surface area contributed by atoms with Crippen molar-refractivity contribution in [3.8, 4) is 11.5 Å². The average molecular weight is 370 g/mol. The lowest BCUT2D eigenvalue weighted by molar-refractivity contribution is 0.225. The fourth-order valence-electron chi connectivity index (χ4n) is 2.20. The molecule has 134 valence electrons. The molecule has 3 aromatic rings. The Hall–Kier alpha value is -3.13. The molecule has 0 radical (unpaired) electrons. The molecule has 8 heteroatoms. The molecule has 2 N–H and O–H groups in total. The van der Waals surface area contributed by atoms with Gasteiger partial charge >= 0.3 is 6.03 Å². The number of carbonyl (C=O) groups excluding carboxylic acids is 1. The highest BCUT2D eigenvalue weighted by atomic mass is 32.1. The molecule has 7 nitrogen and oxygen atoms in total. The van der Waals surface area contributed by atoms with E-state index in [-0.39, 0.29) is 6.10 Å². The van der Waals surface area contributed by atoms with E-state index in [0.717, 1.165) is 5.75 Å². The lowest BCUT2D eigenvalue weighted by atomic mass is 10.3. The predicted molar refractivity (Wildman–Crippen MR) is 101 cm³/mol. The first kappa shape index (κ1) is 17.7. The Morgan fingerprint density at radius 1 is 1.04 bits per heavy atom. The minimum Gasteiger partial charge on any atom is -0.495 e. The summed E-state index contributed by atoms with van der Waals surface area (Å²) >= 11 is 1.26. The number of ether oxygens (including phenoxy) is 2. The van der Waals surface area contributed by atoms with Crippen molar-refractivity contribution in [1.82, 2.24) is 10.2 Å². The van der Waals surface area contributed by atoms with Crippen molar-refractivity contribution in [2.75, 3.05) is 17.7 Å². The summed E-state index contributed by atoms with van der Waals surface area (Å²) in [5.74, 6) is 1.32. The minimum absolute atomic E-state index is 0.275. The molecule has 26 heavy (non-hydrogen) atoms.